The second-order valence-electron chi connectivity index (χ2n) is 7.53. The van der Waals surface area contributed by atoms with Crippen LogP contribution in [-0.2, 0) is 17.1 Å². The van der Waals surface area contributed by atoms with Gasteiger partial charge in [-0.05, 0) is 25.5 Å². The largest absolute Gasteiger partial charge is 0.451 e. The van der Waals surface area contributed by atoms with Crippen molar-refractivity contribution in [2.24, 2.45) is 0 Å². The third-order valence-corrected chi connectivity index (χ3v) is 7.36. The van der Waals surface area contributed by atoms with Crippen molar-refractivity contribution < 1.29 is 14.0 Å². The summed E-state index contributed by atoms with van der Waals surface area (Å²) in [5, 5.41) is 5.66. The number of thioether (sulfide) groups is 1. The van der Waals surface area contributed by atoms with Gasteiger partial charge in [-0.15, -0.1) is 11.3 Å². The number of para-hydroxylation sites is 1. The number of amides is 2. The maximum absolute atomic E-state index is 13.0. The number of benzene rings is 2. The summed E-state index contributed by atoms with van der Waals surface area (Å²) in [7, 11) is 0. The van der Waals surface area contributed by atoms with Gasteiger partial charge in [-0.25, -0.2) is 4.98 Å². The van der Waals surface area contributed by atoms with Gasteiger partial charge < -0.3 is 14.6 Å². The molecule has 33 heavy (non-hydrogen) atoms. The first-order valence-corrected chi connectivity index (χ1v) is 12.6. The van der Waals surface area contributed by atoms with E-state index in [0.29, 0.717) is 24.4 Å². The molecule has 170 valence electrons. The molecule has 0 aliphatic carbocycles. The lowest BCUT2D eigenvalue weighted by atomic mass is 10.1. The average Bonchev–Trinajstić information content (AvgIpc) is 3.43. The Morgan fingerprint density at radius 3 is 2.61 bits per heavy atom. The van der Waals surface area contributed by atoms with Gasteiger partial charge in [0.2, 0.25) is 5.91 Å². The van der Waals surface area contributed by atoms with Gasteiger partial charge in [0.15, 0.2) is 5.76 Å². The van der Waals surface area contributed by atoms with E-state index < -0.39 is 0 Å². The summed E-state index contributed by atoms with van der Waals surface area (Å²) in [5.74, 6) is 0.271. The van der Waals surface area contributed by atoms with Gasteiger partial charge in [0.1, 0.15) is 9.92 Å². The van der Waals surface area contributed by atoms with Crippen molar-refractivity contribution in [2.75, 3.05) is 13.1 Å². The summed E-state index contributed by atoms with van der Waals surface area (Å²) < 4.78 is 6.85. The number of furan rings is 1. The lowest BCUT2D eigenvalue weighted by molar-refractivity contribution is -0.130. The molecule has 2 aromatic heterocycles. The molecule has 0 aliphatic heterocycles. The van der Waals surface area contributed by atoms with E-state index in [0.717, 1.165) is 26.5 Å². The maximum atomic E-state index is 13.0. The van der Waals surface area contributed by atoms with E-state index in [1.807, 2.05) is 73.8 Å². The standard InChI is InChI=1S/C25H25N3O3S2/c1-3-28(14-18-9-5-4-6-10-18)22(29)13-26-24(30)23-20(16-33-25-27-17(2)15-32-25)19-11-7-8-12-21(19)31-23/h4-12,15H,3,13-14,16H2,1-2H3,(H,26,30). The molecule has 0 atom stereocenters. The molecule has 0 bridgehead atoms. The molecule has 0 aliphatic rings. The first-order chi connectivity index (χ1) is 16.0. The first kappa shape index (κ1) is 23.1. The third-order valence-electron chi connectivity index (χ3n) is 5.19. The van der Waals surface area contributed by atoms with E-state index in [1.165, 1.54) is 0 Å². The molecule has 2 aromatic carbocycles. The summed E-state index contributed by atoms with van der Waals surface area (Å²) in [6.07, 6.45) is 0. The lowest BCUT2D eigenvalue weighted by Crippen LogP contribution is -2.39. The van der Waals surface area contributed by atoms with Gasteiger partial charge in [0, 0.05) is 40.9 Å². The van der Waals surface area contributed by atoms with E-state index >= 15 is 0 Å². The van der Waals surface area contributed by atoms with Crippen molar-refractivity contribution >= 4 is 45.9 Å². The molecular formula is C25H25N3O3S2. The van der Waals surface area contributed by atoms with Crippen molar-refractivity contribution in [3.05, 3.63) is 82.6 Å². The molecule has 0 unspecified atom stereocenters. The zero-order valence-corrected chi connectivity index (χ0v) is 20.2. The second kappa shape index (κ2) is 10.7. The Balaban J connectivity index is 1.46. The van der Waals surface area contributed by atoms with Gasteiger partial charge >= 0.3 is 0 Å². The number of fused-ring (bicyclic) bond motifs is 1. The highest BCUT2D eigenvalue weighted by atomic mass is 32.2. The maximum Gasteiger partial charge on any atom is 0.287 e. The molecule has 2 heterocycles. The van der Waals surface area contributed by atoms with E-state index in [2.05, 4.69) is 10.3 Å². The van der Waals surface area contributed by atoms with Crippen LogP contribution in [0.5, 0.6) is 0 Å². The highest BCUT2D eigenvalue weighted by Gasteiger charge is 2.22. The van der Waals surface area contributed by atoms with Gasteiger partial charge in [0.05, 0.1) is 6.54 Å². The Labute approximate surface area is 201 Å². The fraction of sp³-hybridized carbons (Fsp3) is 0.240. The first-order valence-electron chi connectivity index (χ1n) is 10.7. The number of hydrogen-bond donors (Lipinski definition) is 1. The van der Waals surface area contributed by atoms with E-state index in [4.69, 9.17) is 4.42 Å². The molecule has 6 nitrogen and oxygen atoms in total. The Hall–Kier alpha value is -3.10. The molecular weight excluding hydrogens is 454 g/mol. The van der Waals surface area contributed by atoms with Crippen LogP contribution in [0, 0.1) is 6.92 Å². The number of hydrogen-bond acceptors (Lipinski definition) is 6. The number of nitrogens with one attached hydrogen (secondary N) is 1. The number of carbonyl (C=O) groups excluding carboxylic acids is 2. The minimum atomic E-state index is -0.388. The Morgan fingerprint density at radius 2 is 1.88 bits per heavy atom. The number of rotatable bonds is 9. The number of aromatic nitrogens is 1. The number of likely N-dealkylation sites (N-methyl/N-ethyl adjacent to an activating group) is 1. The summed E-state index contributed by atoms with van der Waals surface area (Å²) in [6.45, 7) is 4.86. The molecule has 0 saturated heterocycles. The summed E-state index contributed by atoms with van der Waals surface area (Å²) in [4.78, 5) is 32.0. The zero-order valence-electron chi connectivity index (χ0n) is 18.5. The number of thiazole rings is 1. The monoisotopic (exact) mass is 479 g/mol. The van der Waals surface area contributed by atoms with Gasteiger partial charge in [0.25, 0.3) is 5.91 Å². The second-order valence-corrected chi connectivity index (χ2v) is 9.61. The number of carbonyl (C=O) groups is 2. The fourth-order valence-electron chi connectivity index (χ4n) is 3.49. The van der Waals surface area contributed by atoms with Crippen molar-refractivity contribution in [3.8, 4) is 0 Å². The molecule has 0 radical (unpaired) electrons. The SMILES string of the molecule is CCN(Cc1ccccc1)C(=O)CNC(=O)c1oc2ccccc2c1CSc1nc(C)cs1. The van der Waals surface area contributed by atoms with Gasteiger partial charge in [-0.3, -0.25) is 9.59 Å². The van der Waals surface area contributed by atoms with Crippen molar-refractivity contribution in [1.29, 1.82) is 0 Å². The summed E-state index contributed by atoms with van der Waals surface area (Å²) in [5.41, 5.74) is 3.49. The topological polar surface area (TPSA) is 75.4 Å². The normalized spacial score (nSPS) is 11.0. The molecule has 4 rings (SSSR count). The average molecular weight is 480 g/mol. The predicted molar refractivity (Wildman–Crippen MR) is 132 cm³/mol. The molecule has 0 fully saturated rings. The van der Waals surface area contributed by atoms with E-state index in [-0.39, 0.29) is 24.1 Å². The smallest absolute Gasteiger partial charge is 0.287 e. The fourth-order valence-corrected chi connectivity index (χ4v) is 5.36. The van der Waals surface area contributed by atoms with Gasteiger partial charge in [-0.1, -0.05) is 60.3 Å². The van der Waals surface area contributed by atoms with Crippen molar-refractivity contribution in [1.82, 2.24) is 15.2 Å². The molecule has 2 amide bonds. The van der Waals surface area contributed by atoms with Gasteiger partial charge in [-0.2, -0.15) is 0 Å². The number of nitrogens with zero attached hydrogens (tertiary/aromatic N) is 2. The van der Waals surface area contributed by atoms with Crippen LogP contribution in [0.25, 0.3) is 11.0 Å². The highest BCUT2D eigenvalue weighted by molar-refractivity contribution is 8.00. The van der Waals surface area contributed by atoms with Crippen LogP contribution in [0.2, 0.25) is 0 Å². The molecule has 0 saturated carbocycles. The molecule has 4 aromatic rings. The Kier molecular flexibility index (Phi) is 7.47. The third kappa shape index (κ3) is 5.64. The van der Waals surface area contributed by atoms with Crippen LogP contribution in [0.1, 0.15) is 34.3 Å². The molecule has 1 N–H and O–H groups in total. The van der Waals surface area contributed by atoms with Crippen molar-refractivity contribution in [2.45, 2.75) is 30.5 Å². The summed E-state index contributed by atoms with van der Waals surface area (Å²) in [6, 6.07) is 17.4. The molecule has 8 heteroatoms. The van der Waals surface area contributed by atoms with Crippen LogP contribution in [0.4, 0.5) is 0 Å². The van der Waals surface area contributed by atoms with Crippen LogP contribution >= 0.6 is 23.1 Å². The Morgan fingerprint density at radius 1 is 1.12 bits per heavy atom. The Bertz CT molecular complexity index is 1250. The minimum Gasteiger partial charge on any atom is -0.451 e. The van der Waals surface area contributed by atoms with Crippen LogP contribution < -0.4 is 5.32 Å². The van der Waals surface area contributed by atoms with E-state index in [1.54, 1.807) is 28.0 Å². The van der Waals surface area contributed by atoms with Crippen LogP contribution in [-0.4, -0.2) is 34.8 Å². The number of aryl methyl sites for hydroxylation is 1. The highest BCUT2D eigenvalue weighted by Crippen LogP contribution is 2.33. The summed E-state index contributed by atoms with van der Waals surface area (Å²) >= 11 is 3.15. The van der Waals surface area contributed by atoms with Crippen LogP contribution in [0.3, 0.4) is 0 Å². The predicted octanol–water partition coefficient (Wildman–Crippen LogP) is 5.27. The van der Waals surface area contributed by atoms with E-state index in [9.17, 15) is 9.59 Å². The van der Waals surface area contributed by atoms with Crippen LogP contribution in [0.15, 0.2) is 68.7 Å². The quantitative estimate of drug-likeness (QED) is 0.331. The lowest BCUT2D eigenvalue weighted by Gasteiger charge is -2.21. The molecule has 0 spiro atoms. The zero-order chi connectivity index (χ0) is 23.2. The van der Waals surface area contributed by atoms with Crippen molar-refractivity contribution in [3.63, 3.8) is 0 Å². The minimum absolute atomic E-state index is 0.0885.